The fourth-order valence-corrected chi connectivity index (χ4v) is 2.96. The lowest BCUT2D eigenvalue weighted by Crippen LogP contribution is -2.22. The lowest BCUT2D eigenvalue weighted by molar-refractivity contribution is -0.116. The van der Waals surface area contributed by atoms with E-state index < -0.39 is 0 Å². The Morgan fingerprint density at radius 3 is 2.11 bits per heavy atom. The summed E-state index contributed by atoms with van der Waals surface area (Å²) in [7, 11) is 0. The van der Waals surface area contributed by atoms with Crippen LogP contribution in [0, 0.1) is 0 Å². The summed E-state index contributed by atoms with van der Waals surface area (Å²) < 4.78 is 0. The van der Waals surface area contributed by atoms with Crippen LogP contribution in [-0.4, -0.2) is 17.4 Å². The number of nitrogens with zero attached hydrogens (tertiary/aromatic N) is 1. The Kier molecular flexibility index (Phi) is 6.93. The van der Waals surface area contributed by atoms with Crippen molar-refractivity contribution in [2.24, 2.45) is 0 Å². The highest BCUT2D eigenvalue weighted by Crippen LogP contribution is 2.22. The summed E-state index contributed by atoms with van der Waals surface area (Å²) in [6.07, 6.45) is 8.34. The van der Waals surface area contributed by atoms with Crippen LogP contribution >= 0.6 is 0 Å². The number of hydrogen-bond donors (Lipinski definition) is 1. The van der Waals surface area contributed by atoms with Crippen molar-refractivity contribution < 1.29 is 4.79 Å². The van der Waals surface area contributed by atoms with Crippen molar-refractivity contribution in [2.75, 3.05) is 6.54 Å². The molecule has 0 aliphatic rings. The molecule has 0 saturated heterocycles. The zero-order valence-corrected chi connectivity index (χ0v) is 15.3. The Bertz CT molecular complexity index is 817. The van der Waals surface area contributed by atoms with Crippen molar-refractivity contribution in [2.45, 2.75) is 19.3 Å². The summed E-state index contributed by atoms with van der Waals surface area (Å²) in [4.78, 5) is 16.6. The fourth-order valence-electron chi connectivity index (χ4n) is 2.96. The first kappa shape index (κ1) is 18.6. The fraction of sp³-hybridized carbons (Fsp3) is 0.167. The zero-order valence-electron chi connectivity index (χ0n) is 15.3. The number of hydrogen-bond acceptors (Lipinski definition) is 2. The predicted molar refractivity (Wildman–Crippen MR) is 110 cm³/mol. The molecule has 3 rings (SSSR count). The maximum atomic E-state index is 12.4. The molecule has 0 spiro atoms. The summed E-state index contributed by atoms with van der Waals surface area (Å²) in [6, 6.07) is 24.1. The normalized spacial score (nSPS) is 10.2. The maximum Gasteiger partial charge on any atom is 0.244 e. The third-order valence-electron chi connectivity index (χ3n) is 4.36. The third-order valence-corrected chi connectivity index (χ3v) is 4.36. The Morgan fingerprint density at radius 2 is 1.52 bits per heavy atom. The molecule has 0 radical (unpaired) electrons. The Balaban J connectivity index is 1.57. The van der Waals surface area contributed by atoms with Crippen LogP contribution in [0.3, 0.4) is 0 Å². The number of benzene rings is 2. The Morgan fingerprint density at radius 1 is 0.852 bits per heavy atom. The minimum absolute atomic E-state index is 0.0564. The molecule has 136 valence electrons. The second kappa shape index (κ2) is 10.1. The van der Waals surface area contributed by atoms with Gasteiger partial charge in [-0.15, -0.1) is 0 Å². The standard InChI is InChI=1S/C24H24N2O/c27-24(26-17-8-7-10-20-11-9-16-25-19-20)18-23(21-12-3-1-4-13-21)22-14-5-2-6-15-22/h1-6,9,11-16,18-19H,7-8,10,17H2,(H,26,27). The summed E-state index contributed by atoms with van der Waals surface area (Å²) >= 11 is 0. The van der Waals surface area contributed by atoms with Crippen LogP contribution < -0.4 is 5.32 Å². The highest BCUT2D eigenvalue weighted by atomic mass is 16.1. The van der Waals surface area contributed by atoms with Gasteiger partial charge < -0.3 is 5.32 Å². The number of carbonyl (C=O) groups excluding carboxylic acids is 1. The van der Waals surface area contributed by atoms with Gasteiger partial charge in [-0.25, -0.2) is 0 Å². The molecule has 0 unspecified atom stereocenters. The van der Waals surface area contributed by atoms with E-state index in [4.69, 9.17) is 0 Å². The molecular formula is C24H24N2O. The van der Waals surface area contributed by atoms with Crippen LogP contribution in [0.1, 0.15) is 29.5 Å². The van der Waals surface area contributed by atoms with E-state index in [1.165, 1.54) is 5.56 Å². The van der Waals surface area contributed by atoms with Crippen LogP contribution in [-0.2, 0) is 11.2 Å². The van der Waals surface area contributed by atoms with E-state index in [2.05, 4.69) is 16.4 Å². The summed E-state index contributed by atoms with van der Waals surface area (Å²) in [5.41, 5.74) is 4.24. The van der Waals surface area contributed by atoms with Gasteiger partial charge in [0.25, 0.3) is 0 Å². The number of nitrogens with one attached hydrogen (secondary N) is 1. The minimum Gasteiger partial charge on any atom is -0.353 e. The highest BCUT2D eigenvalue weighted by molar-refractivity contribution is 5.99. The molecule has 0 aliphatic carbocycles. The molecule has 3 heteroatoms. The second-order valence-corrected chi connectivity index (χ2v) is 6.40. The van der Waals surface area contributed by atoms with Gasteiger partial charge in [0.05, 0.1) is 0 Å². The Hall–Kier alpha value is -3.20. The molecule has 1 heterocycles. The van der Waals surface area contributed by atoms with Gasteiger partial charge in [-0.05, 0) is 47.6 Å². The first-order valence-electron chi connectivity index (χ1n) is 9.32. The van der Waals surface area contributed by atoms with Gasteiger partial charge in [-0.2, -0.15) is 0 Å². The van der Waals surface area contributed by atoms with Crippen molar-refractivity contribution >= 4 is 11.5 Å². The number of amides is 1. The van der Waals surface area contributed by atoms with E-state index >= 15 is 0 Å². The molecule has 1 N–H and O–H groups in total. The van der Waals surface area contributed by atoms with E-state index in [1.54, 1.807) is 12.3 Å². The second-order valence-electron chi connectivity index (χ2n) is 6.40. The van der Waals surface area contributed by atoms with E-state index in [1.807, 2.05) is 72.9 Å². The number of aromatic nitrogens is 1. The molecule has 27 heavy (non-hydrogen) atoms. The summed E-state index contributed by atoms with van der Waals surface area (Å²) in [5.74, 6) is -0.0564. The molecule has 0 fully saturated rings. The summed E-state index contributed by atoms with van der Waals surface area (Å²) in [6.45, 7) is 0.673. The van der Waals surface area contributed by atoms with Crippen molar-refractivity contribution in [3.63, 3.8) is 0 Å². The van der Waals surface area contributed by atoms with Gasteiger partial charge in [-0.1, -0.05) is 66.7 Å². The van der Waals surface area contributed by atoms with Crippen LogP contribution in [0.4, 0.5) is 0 Å². The van der Waals surface area contributed by atoms with E-state index in [-0.39, 0.29) is 5.91 Å². The van der Waals surface area contributed by atoms with E-state index in [0.717, 1.165) is 36.0 Å². The van der Waals surface area contributed by atoms with Gasteiger partial charge in [0.15, 0.2) is 0 Å². The Labute approximate surface area is 160 Å². The first-order chi connectivity index (χ1) is 13.3. The van der Waals surface area contributed by atoms with Crippen LogP contribution in [0.25, 0.3) is 5.57 Å². The van der Waals surface area contributed by atoms with Crippen molar-refractivity contribution in [1.29, 1.82) is 0 Å². The van der Waals surface area contributed by atoms with Crippen LogP contribution in [0.5, 0.6) is 0 Å². The SMILES string of the molecule is O=C(C=C(c1ccccc1)c1ccccc1)NCCCCc1cccnc1. The average Bonchev–Trinajstić information content (AvgIpc) is 2.74. The van der Waals surface area contributed by atoms with Crippen molar-refractivity contribution in [1.82, 2.24) is 10.3 Å². The molecule has 0 saturated carbocycles. The van der Waals surface area contributed by atoms with E-state index in [0.29, 0.717) is 6.54 Å². The lowest BCUT2D eigenvalue weighted by atomic mass is 9.97. The third kappa shape index (κ3) is 5.93. The first-order valence-corrected chi connectivity index (χ1v) is 9.32. The average molecular weight is 356 g/mol. The lowest BCUT2D eigenvalue weighted by Gasteiger charge is -2.09. The number of pyridine rings is 1. The van der Waals surface area contributed by atoms with Crippen molar-refractivity contribution in [3.05, 3.63) is 108 Å². The summed E-state index contributed by atoms with van der Waals surface area (Å²) in [5, 5.41) is 3.01. The molecule has 0 bridgehead atoms. The molecule has 0 atom stereocenters. The quantitative estimate of drug-likeness (QED) is 0.471. The predicted octanol–water partition coefficient (Wildman–Crippen LogP) is 4.65. The smallest absolute Gasteiger partial charge is 0.244 e. The molecule has 3 aromatic rings. The molecule has 3 nitrogen and oxygen atoms in total. The number of unbranched alkanes of at least 4 members (excludes halogenated alkanes) is 1. The minimum atomic E-state index is -0.0564. The molecule has 1 aromatic heterocycles. The largest absolute Gasteiger partial charge is 0.353 e. The van der Waals surface area contributed by atoms with Gasteiger partial charge in [0, 0.05) is 25.0 Å². The number of carbonyl (C=O) groups is 1. The maximum absolute atomic E-state index is 12.4. The van der Waals surface area contributed by atoms with Gasteiger partial charge in [-0.3, -0.25) is 9.78 Å². The van der Waals surface area contributed by atoms with Gasteiger partial charge in [0.2, 0.25) is 5.91 Å². The molecule has 1 amide bonds. The van der Waals surface area contributed by atoms with Crippen LogP contribution in [0.2, 0.25) is 0 Å². The number of aryl methyl sites for hydroxylation is 1. The van der Waals surface area contributed by atoms with E-state index in [9.17, 15) is 4.79 Å². The number of rotatable bonds is 8. The molecule has 2 aromatic carbocycles. The van der Waals surface area contributed by atoms with Crippen LogP contribution in [0.15, 0.2) is 91.3 Å². The monoisotopic (exact) mass is 356 g/mol. The van der Waals surface area contributed by atoms with Crippen molar-refractivity contribution in [3.8, 4) is 0 Å². The van der Waals surface area contributed by atoms with Gasteiger partial charge >= 0.3 is 0 Å². The highest BCUT2D eigenvalue weighted by Gasteiger charge is 2.07. The van der Waals surface area contributed by atoms with Gasteiger partial charge in [0.1, 0.15) is 0 Å². The zero-order chi connectivity index (χ0) is 18.7. The molecular weight excluding hydrogens is 332 g/mol. The topological polar surface area (TPSA) is 42.0 Å². The molecule has 0 aliphatic heterocycles.